The summed E-state index contributed by atoms with van der Waals surface area (Å²) in [5.41, 5.74) is 2.43. The second kappa shape index (κ2) is 6.63. The van der Waals surface area contributed by atoms with Crippen LogP contribution < -0.4 is 10.2 Å². The van der Waals surface area contributed by atoms with Crippen LogP contribution in [0.1, 0.15) is 23.2 Å². The number of amides is 1. The zero-order valence-electron chi connectivity index (χ0n) is 14.1. The normalized spacial score (nSPS) is 14.0. The molecule has 4 rings (SSSR count). The highest BCUT2D eigenvalue weighted by Gasteiger charge is 2.20. The number of benzene rings is 2. The van der Waals surface area contributed by atoms with Crippen molar-refractivity contribution >= 4 is 34.0 Å². The van der Waals surface area contributed by atoms with Gasteiger partial charge in [0.15, 0.2) is 0 Å². The van der Waals surface area contributed by atoms with Crippen LogP contribution >= 0.6 is 0 Å². The number of carbonyl (C=O) groups excluding carboxylic acids is 2. The first-order valence-electron chi connectivity index (χ1n) is 8.59. The maximum Gasteiger partial charge on any atom is 0.296 e. The number of aromatic nitrogens is 1. The number of rotatable bonds is 4. The van der Waals surface area contributed by atoms with Crippen molar-refractivity contribution in [3.05, 3.63) is 60.0 Å². The van der Waals surface area contributed by atoms with Gasteiger partial charge in [0.2, 0.25) is 0 Å². The molecule has 3 aromatic rings. The molecular formula is C20H18FN3O2. The number of hydrogen-bond donors (Lipinski definition) is 2. The van der Waals surface area contributed by atoms with Crippen LogP contribution in [0.4, 0.5) is 15.8 Å². The van der Waals surface area contributed by atoms with Gasteiger partial charge in [-0.05, 0) is 55.3 Å². The number of nitrogens with zero attached hydrogens (tertiary/aromatic N) is 1. The smallest absolute Gasteiger partial charge is 0.296 e. The quantitative estimate of drug-likeness (QED) is 0.556. The van der Waals surface area contributed by atoms with Crippen LogP contribution in [0.5, 0.6) is 0 Å². The number of nitrogens with one attached hydrogen (secondary N) is 2. The molecule has 132 valence electrons. The topological polar surface area (TPSA) is 65.2 Å². The summed E-state index contributed by atoms with van der Waals surface area (Å²) in [7, 11) is 0. The maximum absolute atomic E-state index is 13.4. The van der Waals surface area contributed by atoms with E-state index in [1.807, 2.05) is 12.1 Å². The molecule has 1 aromatic heterocycles. The van der Waals surface area contributed by atoms with Crippen LogP contribution in [0.3, 0.4) is 0 Å². The first kappa shape index (κ1) is 16.3. The Morgan fingerprint density at radius 1 is 1.04 bits per heavy atom. The minimum atomic E-state index is -0.746. The lowest BCUT2D eigenvalue weighted by Crippen LogP contribution is -2.23. The molecule has 0 unspecified atom stereocenters. The summed E-state index contributed by atoms with van der Waals surface area (Å²) in [6.07, 6.45) is 3.82. The standard InChI is InChI=1S/C20H18FN3O2/c21-13-3-8-18-16(11-13)17(12-22-18)19(25)20(26)23-14-4-6-15(7-5-14)24-9-1-2-10-24/h3-8,11-12,22H,1-2,9-10H2,(H,23,26). The largest absolute Gasteiger partial charge is 0.372 e. The number of halogens is 1. The molecule has 0 aliphatic carbocycles. The van der Waals surface area contributed by atoms with Crippen molar-refractivity contribution in [1.82, 2.24) is 4.98 Å². The van der Waals surface area contributed by atoms with Crippen molar-refractivity contribution in [2.75, 3.05) is 23.3 Å². The second-order valence-electron chi connectivity index (χ2n) is 6.42. The third-order valence-electron chi connectivity index (χ3n) is 4.69. The number of hydrogen-bond acceptors (Lipinski definition) is 3. The number of aromatic amines is 1. The van der Waals surface area contributed by atoms with Crippen molar-refractivity contribution in [1.29, 1.82) is 0 Å². The Morgan fingerprint density at radius 3 is 2.50 bits per heavy atom. The average Bonchev–Trinajstić information content (AvgIpc) is 3.31. The molecule has 1 aliphatic heterocycles. The van der Waals surface area contributed by atoms with Gasteiger partial charge in [-0.2, -0.15) is 0 Å². The Bertz CT molecular complexity index is 972. The molecule has 0 radical (unpaired) electrons. The molecule has 5 nitrogen and oxygen atoms in total. The zero-order chi connectivity index (χ0) is 18.1. The number of H-pyrrole nitrogens is 1. The van der Waals surface area contributed by atoms with E-state index in [0.29, 0.717) is 16.6 Å². The lowest BCUT2D eigenvalue weighted by atomic mass is 10.1. The van der Waals surface area contributed by atoms with E-state index in [-0.39, 0.29) is 5.56 Å². The van der Waals surface area contributed by atoms with Gasteiger partial charge in [-0.15, -0.1) is 0 Å². The molecule has 0 spiro atoms. The van der Waals surface area contributed by atoms with E-state index in [1.54, 1.807) is 12.1 Å². The molecule has 0 saturated carbocycles. The summed E-state index contributed by atoms with van der Waals surface area (Å²) in [6, 6.07) is 11.5. The molecule has 2 N–H and O–H groups in total. The number of fused-ring (bicyclic) bond motifs is 1. The minimum Gasteiger partial charge on any atom is -0.372 e. The van der Waals surface area contributed by atoms with Gasteiger partial charge in [0, 0.05) is 41.6 Å². The highest BCUT2D eigenvalue weighted by molar-refractivity contribution is 6.48. The summed E-state index contributed by atoms with van der Waals surface area (Å²) in [4.78, 5) is 29.9. The Labute approximate surface area is 149 Å². The van der Waals surface area contributed by atoms with Crippen LogP contribution in [-0.4, -0.2) is 29.8 Å². The van der Waals surface area contributed by atoms with Crippen molar-refractivity contribution < 1.29 is 14.0 Å². The predicted octanol–water partition coefficient (Wildman–Crippen LogP) is 3.73. The Morgan fingerprint density at radius 2 is 1.77 bits per heavy atom. The zero-order valence-corrected chi connectivity index (χ0v) is 14.1. The van der Waals surface area contributed by atoms with Crippen LogP contribution in [-0.2, 0) is 4.79 Å². The summed E-state index contributed by atoms with van der Waals surface area (Å²) in [5.74, 6) is -1.90. The van der Waals surface area contributed by atoms with E-state index < -0.39 is 17.5 Å². The van der Waals surface area contributed by atoms with Crippen molar-refractivity contribution in [3.63, 3.8) is 0 Å². The molecule has 26 heavy (non-hydrogen) atoms. The van der Waals surface area contributed by atoms with Gasteiger partial charge in [0.25, 0.3) is 11.7 Å². The second-order valence-corrected chi connectivity index (χ2v) is 6.42. The fraction of sp³-hybridized carbons (Fsp3) is 0.200. The third-order valence-corrected chi connectivity index (χ3v) is 4.69. The molecule has 1 aliphatic rings. The lowest BCUT2D eigenvalue weighted by Gasteiger charge is -2.17. The molecule has 2 heterocycles. The van der Waals surface area contributed by atoms with Crippen LogP contribution in [0, 0.1) is 5.82 Å². The summed E-state index contributed by atoms with van der Waals surface area (Å²) in [6.45, 7) is 2.09. The van der Waals surface area contributed by atoms with E-state index in [2.05, 4.69) is 15.2 Å². The van der Waals surface area contributed by atoms with E-state index in [9.17, 15) is 14.0 Å². The molecule has 0 bridgehead atoms. The van der Waals surface area contributed by atoms with Crippen LogP contribution in [0.15, 0.2) is 48.7 Å². The molecule has 1 fully saturated rings. The molecule has 0 atom stereocenters. The first-order valence-corrected chi connectivity index (χ1v) is 8.59. The van der Waals surface area contributed by atoms with E-state index in [1.165, 1.54) is 37.2 Å². The Kier molecular flexibility index (Phi) is 4.16. The minimum absolute atomic E-state index is 0.158. The number of ketones is 1. The number of carbonyl (C=O) groups is 2. The van der Waals surface area contributed by atoms with Gasteiger partial charge in [-0.3, -0.25) is 9.59 Å². The highest BCUT2D eigenvalue weighted by atomic mass is 19.1. The van der Waals surface area contributed by atoms with E-state index >= 15 is 0 Å². The molecule has 6 heteroatoms. The maximum atomic E-state index is 13.4. The van der Waals surface area contributed by atoms with Crippen molar-refractivity contribution in [3.8, 4) is 0 Å². The third kappa shape index (κ3) is 3.06. The van der Waals surface area contributed by atoms with Crippen molar-refractivity contribution in [2.24, 2.45) is 0 Å². The number of Topliss-reactive ketones (excluding diaryl/α,β-unsaturated/α-hetero) is 1. The summed E-state index contributed by atoms with van der Waals surface area (Å²) < 4.78 is 13.4. The van der Waals surface area contributed by atoms with Gasteiger partial charge in [0.1, 0.15) is 5.82 Å². The van der Waals surface area contributed by atoms with Crippen LogP contribution in [0.2, 0.25) is 0 Å². The van der Waals surface area contributed by atoms with Gasteiger partial charge < -0.3 is 15.2 Å². The van der Waals surface area contributed by atoms with Crippen molar-refractivity contribution in [2.45, 2.75) is 12.8 Å². The molecular weight excluding hydrogens is 333 g/mol. The summed E-state index contributed by atoms with van der Waals surface area (Å²) in [5, 5.41) is 3.01. The van der Waals surface area contributed by atoms with Gasteiger partial charge in [-0.25, -0.2) is 4.39 Å². The van der Waals surface area contributed by atoms with Crippen LogP contribution in [0.25, 0.3) is 10.9 Å². The molecule has 1 amide bonds. The van der Waals surface area contributed by atoms with E-state index in [4.69, 9.17) is 0 Å². The Balaban J connectivity index is 1.50. The monoisotopic (exact) mass is 351 g/mol. The van der Waals surface area contributed by atoms with Gasteiger partial charge in [0.05, 0.1) is 5.56 Å². The first-order chi connectivity index (χ1) is 12.6. The lowest BCUT2D eigenvalue weighted by molar-refractivity contribution is -0.112. The SMILES string of the molecule is O=C(Nc1ccc(N2CCCC2)cc1)C(=O)c1c[nH]c2ccc(F)cc12. The Hall–Kier alpha value is -3.15. The highest BCUT2D eigenvalue weighted by Crippen LogP contribution is 2.23. The van der Waals surface area contributed by atoms with E-state index in [0.717, 1.165) is 18.8 Å². The average molecular weight is 351 g/mol. The number of anilines is 2. The van der Waals surface area contributed by atoms with Gasteiger partial charge >= 0.3 is 0 Å². The molecule has 2 aromatic carbocycles. The molecule has 1 saturated heterocycles. The predicted molar refractivity (Wildman–Crippen MR) is 99.1 cm³/mol. The summed E-state index contributed by atoms with van der Waals surface area (Å²) >= 11 is 0. The van der Waals surface area contributed by atoms with Gasteiger partial charge in [-0.1, -0.05) is 0 Å². The fourth-order valence-corrected chi connectivity index (χ4v) is 3.32. The fourth-order valence-electron chi connectivity index (χ4n) is 3.32.